The van der Waals surface area contributed by atoms with Crippen LogP contribution < -0.4 is 5.32 Å². The second-order valence-electron chi connectivity index (χ2n) is 5.00. The number of ether oxygens (including phenoxy) is 1. The van der Waals surface area contributed by atoms with Crippen molar-refractivity contribution < 1.29 is 19.2 Å². The molecule has 1 aromatic rings. The SMILES string of the molecule is CC(=O)NC(=Cc1cccc([N+](=O)[O-])c1)C(=O)N1CCOCC1. The van der Waals surface area contributed by atoms with Gasteiger partial charge in [-0.3, -0.25) is 19.7 Å². The van der Waals surface area contributed by atoms with Crippen molar-refractivity contribution in [1.82, 2.24) is 10.2 Å². The number of carbonyl (C=O) groups is 2. The van der Waals surface area contributed by atoms with E-state index in [-0.39, 0.29) is 23.2 Å². The molecule has 8 nitrogen and oxygen atoms in total. The van der Waals surface area contributed by atoms with Crippen molar-refractivity contribution in [3.05, 3.63) is 45.6 Å². The maximum atomic E-state index is 12.5. The van der Waals surface area contributed by atoms with Crippen LogP contribution in [0.3, 0.4) is 0 Å². The molecule has 23 heavy (non-hydrogen) atoms. The highest BCUT2D eigenvalue weighted by molar-refractivity contribution is 6.01. The third-order valence-electron chi connectivity index (χ3n) is 3.23. The second kappa shape index (κ2) is 7.50. The Morgan fingerprint density at radius 3 is 2.65 bits per heavy atom. The molecular formula is C15H17N3O5. The van der Waals surface area contributed by atoms with Crippen molar-refractivity contribution in [3.8, 4) is 0 Å². The van der Waals surface area contributed by atoms with E-state index in [1.165, 1.54) is 31.2 Å². The standard InChI is InChI=1S/C15H17N3O5/c1-11(19)16-14(15(20)17-5-7-23-8-6-17)10-12-3-2-4-13(9-12)18(21)22/h2-4,9-10H,5-8H2,1H3,(H,16,19). The number of carbonyl (C=O) groups excluding carboxylic acids is 2. The van der Waals surface area contributed by atoms with E-state index in [9.17, 15) is 19.7 Å². The number of hydrogen-bond donors (Lipinski definition) is 1. The number of amides is 2. The Balaban J connectivity index is 2.29. The molecule has 0 unspecified atom stereocenters. The quantitative estimate of drug-likeness (QED) is 0.505. The molecule has 2 amide bonds. The molecular weight excluding hydrogens is 302 g/mol. The predicted molar refractivity (Wildman–Crippen MR) is 82.3 cm³/mol. The molecule has 0 saturated carbocycles. The fraction of sp³-hybridized carbons (Fsp3) is 0.333. The number of benzene rings is 1. The number of nitro benzene ring substituents is 1. The maximum absolute atomic E-state index is 12.5. The van der Waals surface area contributed by atoms with Crippen molar-refractivity contribution in [2.75, 3.05) is 26.3 Å². The van der Waals surface area contributed by atoms with Crippen molar-refractivity contribution in [2.24, 2.45) is 0 Å². The third-order valence-corrected chi connectivity index (χ3v) is 3.23. The lowest BCUT2D eigenvalue weighted by Crippen LogP contribution is -2.44. The lowest BCUT2D eigenvalue weighted by atomic mass is 10.1. The Morgan fingerprint density at radius 1 is 1.35 bits per heavy atom. The summed E-state index contributed by atoms with van der Waals surface area (Å²) in [5.41, 5.74) is 0.462. The number of nitro groups is 1. The second-order valence-corrected chi connectivity index (χ2v) is 5.00. The van der Waals surface area contributed by atoms with E-state index >= 15 is 0 Å². The number of rotatable bonds is 4. The van der Waals surface area contributed by atoms with Gasteiger partial charge in [0.1, 0.15) is 5.70 Å². The van der Waals surface area contributed by atoms with Crippen molar-refractivity contribution in [3.63, 3.8) is 0 Å². The molecule has 0 aromatic heterocycles. The first-order valence-corrected chi connectivity index (χ1v) is 7.08. The van der Waals surface area contributed by atoms with Gasteiger partial charge < -0.3 is 15.0 Å². The van der Waals surface area contributed by atoms with Gasteiger partial charge in [0, 0.05) is 32.1 Å². The largest absolute Gasteiger partial charge is 0.378 e. The van der Waals surface area contributed by atoms with Gasteiger partial charge in [-0.25, -0.2) is 0 Å². The third kappa shape index (κ3) is 4.62. The first-order chi connectivity index (χ1) is 11.0. The number of hydrogen-bond acceptors (Lipinski definition) is 5. The van der Waals surface area contributed by atoms with Crippen LogP contribution in [-0.2, 0) is 14.3 Å². The van der Waals surface area contributed by atoms with Gasteiger partial charge >= 0.3 is 0 Å². The van der Waals surface area contributed by atoms with Crippen LogP contribution >= 0.6 is 0 Å². The first-order valence-electron chi connectivity index (χ1n) is 7.08. The Kier molecular flexibility index (Phi) is 5.42. The van der Waals surface area contributed by atoms with Gasteiger partial charge in [-0.05, 0) is 11.6 Å². The molecule has 1 saturated heterocycles. The van der Waals surface area contributed by atoms with Crippen LogP contribution in [0.4, 0.5) is 5.69 Å². The summed E-state index contributed by atoms with van der Waals surface area (Å²) in [4.78, 5) is 35.7. The highest BCUT2D eigenvalue weighted by Crippen LogP contribution is 2.16. The normalized spacial score (nSPS) is 15.2. The molecule has 1 heterocycles. The van der Waals surface area contributed by atoms with E-state index in [0.29, 0.717) is 31.9 Å². The topological polar surface area (TPSA) is 102 Å². The molecule has 2 rings (SSSR count). The zero-order valence-electron chi connectivity index (χ0n) is 12.7. The Morgan fingerprint density at radius 2 is 2.04 bits per heavy atom. The van der Waals surface area contributed by atoms with Crippen molar-refractivity contribution in [1.29, 1.82) is 0 Å². The molecule has 1 aromatic carbocycles. The number of nitrogens with one attached hydrogen (secondary N) is 1. The van der Waals surface area contributed by atoms with Crippen LogP contribution in [0.5, 0.6) is 0 Å². The average Bonchev–Trinajstić information content (AvgIpc) is 2.54. The molecule has 8 heteroatoms. The summed E-state index contributed by atoms with van der Waals surface area (Å²) in [6.45, 7) is 3.05. The van der Waals surface area contributed by atoms with Crippen LogP contribution in [0.25, 0.3) is 6.08 Å². The van der Waals surface area contributed by atoms with E-state index < -0.39 is 4.92 Å². The minimum absolute atomic E-state index is 0.0832. The van der Waals surface area contributed by atoms with Crippen molar-refractivity contribution in [2.45, 2.75) is 6.92 Å². The maximum Gasteiger partial charge on any atom is 0.270 e. The fourth-order valence-corrected chi connectivity index (χ4v) is 2.17. The van der Waals surface area contributed by atoms with Gasteiger partial charge in [0.25, 0.3) is 11.6 Å². The lowest BCUT2D eigenvalue weighted by molar-refractivity contribution is -0.384. The number of non-ortho nitro benzene ring substituents is 1. The Hall–Kier alpha value is -2.74. The van der Waals surface area contributed by atoms with Crippen molar-refractivity contribution >= 4 is 23.6 Å². The molecule has 0 radical (unpaired) electrons. The molecule has 1 fully saturated rings. The smallest absolute Gasteiger partial charge is 0.270 e. The van der Waals surface area contributed by atoms with Crippen LogP contribution in [0.2, 0.25) is 0 Å². The molecule has 1 aliphatic rings. The summed E-state index contributed by atoms with van der Waals surface area (Å²) in [7, 11) is 0. The molecule has 1 aliphatic heterocycles. The predicted octanol–water partition coefficient (Wildman–Crippen LogP) is 0.931. The summed E-state index contributed by atoms with van der Waals surface area (Å²) in [5, 5.41) is 13.3. The average molecular weight is 319 g/mol. The van der Waals surface area contributed by atoms with E-state index in [2.05, 4.69) is 5.32 Å². The molecule has 0 bridgehead atoms. The number of nitrogens with zero attached hydrogens (tertiary/aromatic N) is 2. The highest BCUT2D eigenvalue weighted by Gasteiger charge is 2.21. The van der Waals surface area contributed by atoms with Gasteiger partial charge in [-0.15, -0.1) is 0 Å². The zero-order chi connectivity index (χ0) is 16.8. The summed E-state index contributed by atoms with van der Waals surface area (Å²) < 4.78 is 5.20. The van der Waals surface area contributed by atoms with E-state index in [1.54, 1.807) is 11.0 Å². The monoisotopic (exact) mass is 319 g/mol. The molecule has 0 aliphatic carbocycles. The van der Waals surface area contributed by atoms with Crippen LogP contribution in [-0.4, -0.2) is 47.9 Å². The van der Waals surface area contributed by atoms with Gasteiger partial charge in [0.05, 0.1) is 18.1 Å². The Bertz CT molecular complexity index is 650. The van der Waals surface area contributed by atoms with E-state index in [1.807, 2.05) is 0 Å². The van der Waals surface area contributed by atoms with Crippen LogP contribution in [0, 0.1) is 10.1 Å². The Labute approximate surface area is 132 Å². The number of morpholine rings is 1. The lowest BCUT2D eigenvalue weighted by Gasteiger charge is -2.27. The first kappa shape index (κ1) is 16.6. The summed E-state index contributed by atoms with van der Waals surface area (Å²) >= 11 is 0. The minimum Gasteiger partial charge on any atom is -0.378 e. The van der Waals surface area contributed by atoms with E-state index in [0.717, 1.165) is 0 Å². The molecule has 0 spiro atoms. The summed E-state index contributed by atoms with van der Waals surface area (Å²) in [6, 6.07) is 5.85. The summed E-state index contributed by atoms with van der Waals surface area (Å²) in [6.07, 6.45) is 1.44. The van der Waals surface area contributed by atoms with E-state index in [4.69, 9.17) is 4.74 Å². The minimum atomic E-state index is -0.515. The molecule has 122 valence electrons. The van der Waals surface area contributed by atoms with Crippen LogP contribution in [0.15, 0.2) is 30.0 Å². The van der Waals surface area contributed by atoms with Gasteiger partial charge in [0.2, 0.25) is 5.91 Å². The van der Waals surface area contributed by atoms with Gasteiger partial charge in [-0.1, -0.05) is 12.1 Å². The van der Waals surface area contributed by atoms with Crippen LogP contribution in [0.1, 0.15) is 12.5 Å². The van der Waals surface area contributed by atoms with Gasteiger partial charge in [0.15, 0.2) is 0 Å². The fourth-order valence-electron chi connectivity index (χ4n) is 2.17. The zero-order valence-corrected chi connectivity index (χ0v) is 12.7. The molecule has 1 N–H and O–H groups in total. The van der Waals surface area contributed by atoms with Gasteiger partial charge in [-0.2, -0.15) is 0 Å². The highest BCUT2D eigenvalue weighted by atomic mass is 16.6. The summed E-state index contributed by atoms with van der Waals surface area (Å²) in [5.74, 6) is -0.724. The molecule has 0 atom stereocenters.